The lowest BCUT2D eigenvalue weighted by Gasteiger charge is -2.31. The zero-order chi connectivity index (χ0) is 41.7. The highest BCUT2D eigenvalue weighted by Crippen LogP contribution is 2.52. The highest BCUT2D eigenvalue weighted by atomic mass is 32.1. The van der Waals surface area contributed by atoms with Gasteiger partial charge in [0.15, 0.2) is 0 Å². The van der Waals surface area contributed by atoms with Crippen LogP contribution in [0.2, 0.25) is 0 Å². The Morgan fingerprint density at radius 2 is 0.651 bits per heavy atom. The summed E-state index contributed by atoms with van der Waals surface area (Å²) in [4.78, 5) is 7.26. The fraction of sp³-hybridized carbons (Fsp3) is 0. The molecule has 0 amide bonds. The van der Waals surface area contributed by atoms with Gasteiger partial charge in [0.05, 0.1) is 11.4 Å². The molecule has 0 unspecified atom stereocenters. The first-order valence-corrected chi connectivity index (χ1v) is 22.9. The Hall–Kier alpha value is -7.70. The van der Waals surface area contributed by atoms with Crippen LogP contribution < -0.4 is 14.7 Å². The van der Waals surface area contributed by atoms with Gasteiger partial charge in [0.1, 0.15) is 0 Å². The Bertz CT molecular complexity index is 3490. The molecule has 298 valence electrons. The first-order chi connectivity index (χ1) is 31.3. The topological polar surface area (TPSA) is 9.72 Å². The molecule has 2 aromatic heterocycles. The Balaban J connectivity index is 1.12. The summed E-state index contributed by atoms with van der Waals surface area (Å²) >= 11 is 3.73. The van der Waals surface area contributed by atoms with Crippen molar-refractivity contribution in [3.8, 4) is 0 Å². The van der Waals surface area contributed by atoms with Gasteiger partial charge in [0.25, 0.3) is 0 Å². The van der Waals surface area contributed by atoms with Crippen LogP contribution >= 0.6 is 22.7 Å². The lowest BCUT2D eigenvalue weighted by Crippen LogP contribution is -2.13. The van der Waals surface area contributed by atoms with Crippen LogP contribution in [0, 0.1) is 0 Å². The molecule has 0 atom stereocenters. The molecule has 5 heteroatoms. The Kier molecular flexibility index (Phi) is 9.21. The number of para-hydroxylation sites is 5. The standard InChI is InChI=1S/C58H39N3S2/c1-6-20-40(21-7-1)59(41-22-8-2-9-23-41)45-34-35-54-50(36-45)57-48-31-17-16-30-47(48)51(39-56(57)63-54)61(44-28-14-5-15-29-44)46-37-52(58-49-32-18-19-33-53(49)62-55(58)38-46)60(42-24-10-3-11-25-42)43-26-12-4-13-27-43/h1-39H. The molecule has 0 N–H and O–H groups in total. The van der Waals surface area contributed by atoms with E-state index in [1.807, 2.05) is 22.7 Å². The fourth-order valence-electron chi connectivity index (χ4n) is 9.25. The molecule has 12 aromatic rings. The first-order valence-electron chi connectivity index (χ1n) is 21.3. The molecule has 3 nitrogen and oxygen atoms in total. The van der Waals surface area contributed by atoms with Crippen LogP contribution in [0.25, 0.3) is 51.1 Å². The summed E-state index contributed by atoms with van der Waals surface area (Å²) in [5, 5.41) is 7.48. The molecule has 0 aliphatic rings. The number of hydrogen-bond acceptors (Lipinski definition) is 5. The van der Waals surface area contributed by atoms with Gasteiger partial charge in [-0.2, -0.15) is 0 Å². The largest absolute Gasteiger partial charge is 0.310 e. The minimum atomic E-state index is 1.10. The highest BCUT2D eigenvalue weighted by molar-refractivity contribution is 7.26. The van der Waals surface area contributed by atoms with Gasteiger partial charge in [-0.15, -0.1) is 22.7 Å². The summed E-state index contributed by atoms with van der Waals surface area (Å²) in [7, 11) is 0. The van der Waals surface area contributed by atoms with E-state index in [9.17, 15) is 0 Å². The third kappa shape index (κ3) is 6.49. The second-order valence-electron chi connectivity index (χ2n) is 15.7. The van der Waals surface area contributed by atoms with Crippen LogP contribution in [-0.4, -0.2) is 0 Å². The Morgan fingerprint density at radius 1 is 0.222 bits per heavy atom. The van der Waals surface area contributed by atoms with Gasteiger partial charge in [-0.1, -0.05) is 133 Å². The Labute approximate surface area is 374 Å². The smallest absolute Gasteiger partial charge is 0.0575 e. The minimum Gasteiger partial charge on any atom is -0.310 e. The predicted molar refractivity (Wildman–Crippen MR) is 274 cm³/mol. The van der Waals surface area contributed by atoms with Crippen molar-refractivity contribution in [2.45, 2.75) is 0 Å². The number of thiophene rings is 2. The van der Waals surface area contributed by atoms with Gasteiger partial charge in [-0.3, -0.25) is 0 Å². The quantitative estimate of drug-likeness (QED) is 0.143. The molecular weight excluding hydrogens is 803 g/mol. The predicted octanol–water partition coefficient (Wildman–Crippen LogP) is 18.0. The lowest BCUT2D eigenvalue weighted by atomic mass is 10.00. The SMILES string of the molecule is c1ccc(N(c2ccccc2)c2ccc3sc4cc(N(c5ccccc5)c5cc(N(c6ccccc6)c6ccccc6)c6c(c5)sc5ccccc56)c5ccccc5c4c3c2)cc1. The van der Waals surface area contributed by atoms with E-state index < -0.39 is 0 Å². The molecule has 0 spiro atoms. The van der Waals surface area contributed by atoms with Gasteiger partial charge in [-0.05, 0) is 109 Å². The second kappa shape index (κ2) is 15.6. The maximum atomic E-state index is 2.48. The third-order valence-corrected chi connectivity index (χ3v) is 14.2. The maximum absolute atomic E-state index is 2.48. The molecule has 0 radical (unpaired) electrons. The molecule has 0 fully saturated rings. The number of rotatable bonds is 9. The number of hydrogen-bond donors (Lipinski definition) is 0. The van der Waals surface area contributed by atoms with Crippen molar-refractivity contribution >= 4 is 125 Å². The van der Waals surface area contributed by atoms with Crippen molar-refractivity contribution in [2.24, 2.45) is 0 Å². The summed E-state index contributed by atoms with van der Waals surface area (Å²) in [6.07, 6.45) is 0. The van der Waals surface area contributed by atoms with E-state index in [0.29, 0.717) is 0 Å². The van der Waals surface area contributed by atoms with E-state index in [1.54, 1.807) is 0 Å². The van der Waals surface area contributed by atoms with Gasteiger partial charge in [-0.25, -0.2) is 0 Å². The van der Waals surface area contributed by atoms with Crippen LogP contribution in [-0.2, 0) is 0 Å². The molecule has 0 saturated carbocycles. The van der Waals surface area contributed by atoms with Crippen LogP contribution in [0.1, 0.15) is 0 Å². The molecule has 0 aliphatic carbocycles. The molecule has 0 bridgehead atoms. The minimum absolute atomic E-state index is 1.10. The average molecular weight is 842 g/mol. The number of fused-ring (bicyclic) bond motifs is 8. The number of benzene rings is 10. The molecule has 2 heterocycles. The van der Waals surface area contributed by atoms with Crippen molar-refractivity contribution < 1.29 is 0 Å². The van der Waals surface area contributed by atoms with Gasteiger partial charge in [0, 0.05) is 85.5 Å². The molecule has 12 rings (SSSR count). The number of anilines is 9. The van der Waals surface area contributed by atoms with E-state index in [1.165, 1.54) is 51.1 Å². The molecule has 10 aromatic carbocycles. The van der Waals surface area contributed by atoms with Crippen molar-refractivity contribution in [2.75, 3.05) is 14.7 Å². The normalized spacial score (nSPS) is 11.5. The van der Waals surface area contributed by atoms with E-state index in [0.717, 1.165) is 51.2 Å². The van der Waals surface area contributed by atoms with Gasteiger partial charge in [0.2, 0.25) is 0 Å². The van der Waals surface area contributed by atoms with Crippen LogP contribution in [0.5, 0.6) is 0 Å². The van der Waals surface area contributed by atoms with E-state index in [4.69, 9.17) is 0 Å². The molecule has 0 aliphatic heterocycles. The summed E-state index contributed by atoms with van der Waals surface area (Å²) in [5.41, 5.74) is 10.1. The van der Waals surface area contributed by atoms with Crippen molar-refractivity contribution in [1.29, 1.82) is 0 Å². The van der Waals surface area contributed by atoms with Gasteiger partial charge >= 0.3 is 0 Å². The van der Waals surface area contributed by atoms with Crippen LogP contribution in [0.15, 0.2) is 237 Å². The first kappa shape index (κ1) is 37.1. The van der Waals surface area contributed by atoms with Crippen molar-refractivity contribution in [3.63, 3.8) is 0 Å². The van der Waals surface area contributed by atoms with Crippen LogP contribution in [0.3, 0.4) is 0 Å². The summed E-state index contributed by atoms with van der Waals surface area (Å²) in [6.45, 7) is 0. The van der Waals surface area contributed by atoms with Crippen molar-refractivity contribution in [3.05, 3.63) is 237 Å². The maximum Gasteiger partial charge on any atom is 0.0575 e. The van der Waals surface area contributed by atoms with Gasteiger partial charge < -0.3 is 14.7 Å². The van der Waals surface area contributed by atoms with E-state index in [2.05, 4.69) is 251 Å². The molecular formula is C58H39N3S2. The number of nitrogens with zero attached hydrogens (tertiary/aromatic N) is 3. The Morgan fingerprint density at radius 3 is 1.21 bits per heavy atom. The zero-order valence-corrected chi connectivity index (χ0v) is 35.8. The summed E-state index contributed by atoms with van der Waals surface area (Å²) in [6, 6.07) is 85.8. The monoisotopic (exact) mass is 841 g/mol. The summed E-state index contributed by atoms with van der Waals surface area (Å²) in [5.74, 6) is 0. The second-order valence-corrected chi connectivity index (χ2v) is 17.9. The van der Waals surface area contributed by atoms with E-state index in [-0.39, 0.29) is 0 Å². The molecule has 0 saturated heterocycles. The third-order valence-electron chi connectivity index (χ3n) is 12.0. The summed E-state index contributed by atoms with van der Waals surface area (Å²) < 4.78 is 5.02. The van der Waals surface area contributed by atoms with Crippen LogP contribution in [0.4, 0.5) is 51.2 Å². The fourth-order valence-corrected chi connectivity index (χ4v) is 11.5. The highest BCUT2D eigenvalue weighted by Gasteiger charge is 2.25. The van der Waals surface area contributed by atoms with E-state index >= 15 is 0 Å². The molecule has 63 heavy (non-hydrogen) atoms. The average Bonchev–Trinajstić information content (AvgIpc) is 3.92. The zero-order valence-electron chi connectivity index (χ0n) is 34.2. The lowest BCUT2D eigenvalue weighted by molar-refractivity contribution is 1.27. The van der Waals surface area contributed by atoms with Crippen molar-refractivity contribution in [1.82, 2.24) is 0 Å².